The summed E-state index contributed by atoms with van der Waals surface area (Å²) in [7, 11) is 0. The van der Waals surface area contributed by atoms with Crippen molar-refractivity contribution < 1.29 is 30.0 Å². The summed E-state index contributed by atoms with van der Waals surface area (Å²) in [6.07, 6.45) is 52.5. The van der Waals surface area contributed by atoms with Crippen molar-refractivity contribution in [3.05, 3.63) is 24.3 Å². The van der Waals surface area contributed by atoms with Gasteiger partial charge in [-0.15, -0.1) is 0 Å². The van der Waals surface area contributed by atoms with Crippen molar-refractivity contribution in [2.24, 2.45) is 0 Å². The van der Waals surface area contributed by atoms with Gasteiger partial charge in [-0.05, 0) is 64.2 Å². The molecule has 0 rings (SSSR count). The summed E-state index contributed by atoms with van der Waals surface area (Å²) in [6.45, 7) is 9.00. The first-order chi connectivity index (χ1) is 28.7. The Kier molecular flexibility index (Phi) is 60.5. The molecular weight excluding hydrogens is 839 g/mol. The molecule has 0 aliphatic heterocycles. The van der Waals surface area contributed by atoms with Gasteiger partial charge in [0, 0.05) is 12.8 Å². The van der Waals surface area contributed by atoms with Crippen molar-refractivity contribution in [2.45, 2.75) is 293 Å². The molecule has 0 amide bonds. The monoisotopic (exact) mass is 943 g/mol. The molecule has 0 saturated heterocycles. The number of aliphatic hydroxyl groups is 2. The van der Waals surface area contributed by atoms with E-state index >= 15 is 0 Å². The van der Waals surface area contributed by atoms with Gasteiger partial charge < -0.3 is 20.4 Å². The van der Waals surface area contributed by atoms with Gasteiger partial charge in [0.05, 0.1) is 12.2 Å². The molecule has 0 spiro atoms. The molecule has 59 heavy (non-hydrogen) atoms. The standard InChI is InChI=1S/2C18H34O3.2C8H17.Sn/c2*1-2-3-4-11-14-17(19)15-12-9-7-5-6-8-10-13-16-18(20)21;2*1-3-5-7-8-6-4-2;/h2*9,12,17,19H,2-8,10-11,13-16H2,1H3,(H,20,21);2*1,3-8H2,2H3;/b2*12-9-;;;/t2*17-;;;/m11.../s1. The fourth-order valence-corrected chi connectivity index (χ4v) is 10.5. The van der Waals surface area contributed by atoms with E-state index in [0.717, 1.165) is 103 Å². The fraction of sp³-hybridized carbons (Fsp3) is 0.885. The van der Waals surface area contributed by atoms with E-state index in [0.29, 0.717) is 12.8 Å². The summed E-state index contributed by atoms with van der Waals surface area (Å²) in [5, 5.41) is 36.6. The van der Waals surface area contributed by atoms with Crippen LogP contribution < -0.4 is 0 Å². The van der Waals surface area contributed by atoms with Gasteiger partial charge in [-0.25, -0.2) is 0 Å². The first-order valence-electron chi connectivity index (χ1n) is 25.5. The molecule has 2 radical (unpaired) electrons. The van der Waals surface area contributed by atoms with E-state index in [-0.39, 0.29) is 33.4 Å². The second-order valence-corrected chi connectivity index (χ2v) is 21.4. The average Bonchev–Trinajstić information content (AvgIpc) is 3.21. The molecule has 2 atom stereocenters. The van der Waals surface area contributed by atoms with Crippen LogP contribution >= 0.6 is 0 Å². The number of carboxylic acids is 2. The molecule has 0 unspecified atom stereocenters. The van der Waals surface area contributed by atoms with Crippen LogP contribution in [-0.4, -0.2) is 65.7 Å². The van der Waals surface area contributed by atoms with Crippen molar-refractivity contribution in [1.82, 2.24) is 0 Å². The van der Waals surface area contributed by atoms with E-state index < -0.39 is 11.9 Å². The average molecular weight is 942 g/mol. The fourth-order valence-electron chi connectivity index (χ4n) is 6.91. The zero-order chi connectivity index (χ0) is 44.1. The van der Waals surface area contributed by atoms with Crippen LogP contribution in [0.3, 0.4) is 0 Å². The number of carboxylic acid groups (broad SMARTS) is 2. The Balaban J connectivity index is -0.000000803. The second-order valence-electron chi connectivity index (χ2n) is 17.1. The number of rotatable bonds is 44. The third-order valence-corrected chi connectivity index (χ3v) is 14.9. The quantitative estimate of drug-likeness (QED) is 0.0275. The predicted molar refractivity (Wildman–Crippen MR) is 259 cm³/mol. The number of hydrogen-bond acceptors (Lipinski definition) is 4. The Morgan fingerprint density at radius 1 is 0.390 bits per heavy atom. The summed E-state index contributed by atoms with van der Waals surface area (Å²) < 4.78 is 3.31. The molecule has 0 aliphatic rings. The van der Waals surface area contributed by atoms with Crippen LogP contribution in [0.5, 0.6) is 0 Å². The zero-order valence-corrected chi connectivity index (χ0v) is 42.7. The number of carbonyl (C=O) groups is 2. The summed E-state index contributed by atoms with van der Waals surface area (Å²) in [4.78, 5) is 20.7. The van der Waals surface area contributed by atoms with Crippen LogP contribution in [0.15, 0.2) is 24.3 Å². The van der Waals surface area contributed by atoms with Crippen LogP contribution in [-0.2, 0) is 9.59 Å². The maximum atomic E-state index is 10.3. The van der Waals surface area contributed by atoms with Gasteiger partial charge in [-0.2, -0.15) is 0 Å². The third-order valence-electron chi connectivity index (χ3n) is 10.9. The summed E-state index contributed by atoms with van der Waals surface area (Å²) in [5.41, 5.74) is 0. The smallest absolute Gasteiger partial charge is 0.303 e. The minimum absolute atomic E-state index is 0.0736. The molecule has 7 heteroatoms. The first kappa shape index (κ1) is 62.4. The third kappa shape index (κ3) is 66.4. The van der Waals surface area contributed by atoms with E-state index in [1.165, 1.54) is 116 Å². The Bertz CT molecular complexity index is 794. The minimum Gasteiger partial charge on any atom is -0.481 e. The molecule has 0 aromatic rings. The first-order valence-corrected chi connectivity index (χ1v) is 29.6. The molecule has 0 bridgehead atoms. The zero-order valence-electron chi connectivity index (χ0n) is 39.9. The van der Waals surface area contributed by atoms with Gasteiger partial charge in [-0.1, -0.05) is 128 Å². The van der Waals surface area contributed by atoms with Crippen molar-refractivity contribution in [3.63, 3.8) is 0 Å². The maximum Gasteiger partial charge on any atom is 0.303 e. The Morgan fingerprint density at radius 3 is 1.02 bits per heavy atom. The van der Waals surface area contributed by atoms with Crippen LogP contribution in [0.4, 0.5) is 0 Å². The summed E-state index contributed by atoms with van der Waals surface area (Å²) in [6, 6.07) is 0. The molecule has 0 aromatic carbocycles. The molecule has 350 valence electrons. The van der Waals surface area contributed by atoms with Crippen molar-refractivity contribution in [1.29, 1.82) is 0 Å². The van der Waals surface area contributed by atoms with Crippen LogP contribution in [0.1, 0.15) is 272 Å². The molecule has 0 fully saturated rings. The van der Waals surface area contributed by atoms with Gasteiger partial charge >= 0.3 is 133 Å². The number of unbranched alkanes of at least 4 members (excludes halogenated alkanes) is 26. The van der Waals surface area contributed by atoms with Gasteiger partial charge in [0.15, 0.2) is 0 Å². The SMILES string of the molecule is CCCCCCC[CH2][Sn][CH2]CCCCCCC.CCCCCC[C@@H](O)C/C=C\CCCCCCCC(=O)O.CCCCCC[C@@H](O)C/C=C\CCCCCCCC(=O)O. The van der Waals surface area contributed by atoms with Crippen LogP contribution in [0, 0.1) is 0 Å². The normalized spacial score (nSPS) is 12.3. The van der Waals surface area contributed by atoms with E-state index in [4.69, 9.17) is 10.2 Å². The molecule has 0 aliphatic carbocycles. The number of aliphatic hydroxyl groups excluding tert-OH is 2. The summed E-state index contributed by atoms with van der Waals surface area (Å²) in [5.74, 6) is -1.38. The molecule has 6 nitrogen and oxygen atoms in total. The molecule has 0 saturated carbocycles. The van der Waals surface area contributed by atoms with Crippen molar-refractivity contribution in [2.75, 3.05) is 0 Å². The number of hydrogen-bond donors (Lipinski definition) is 4. The van der Waals surface area contributed by atoms with Crippen LogP contribution in [0.25, 0.3) is 0 Å². The second kappa shape index (κ2) is 57.1. The van der Waals surface area contributed by atoms with E-state index in [2.05, 4.69) is 52.0 Å². The van der Waals surface area contributed by atoms with Gasteiger partial charge in [-0.3, -0.25) is 9.59 Å². The minimum atomic E-state index is -0.689. The Morgan fingerprint density at radius 2 is 0.678 bits per heavy atom. The summed E-state index contributed by atoms with van der Waals surface area (Å²) >= 11 is 0.0736. The maximum absolute atomic E-state index is 10.3. The Hall–Kier alpha value is -0.861. The molecular formula is C52H102O6Sn. The van der Waals surface area contributed by atoms with Gasteiger partial charge in [0.2, 0.25) is 0 Å². The number of allylic oxidation sites excluding steroid dienone is 2. The van der Waals surface area contributed by atoms with Crippen LogP contribution in [0.2, 0.25) is 8.87 Å². The van der Waals surface area contributed by atoms with E-state index in [1.807, 2.05) is 0 Å². The molecule has 0 heterocycles. The topological polar surface area (TPSA) is 115 Å². The van der Waals surface area contributed by atoms with Gasteiger partial charge in [0.25, 0.3) is 0 Å². The molecule has 0 aromatic heterocycles. The van der Waals surface area contributed by atoms with Crippen molar-refractivity contribution in [3.8, 4) is 0 Å². The number of aliphatic carboxylic acids is 2. The predicted octanol–water partition coefficient (Wildman–Crippen LogP) is 16.4. The van der Waals surface area contributed by atoms with Crippen molar-refractivity contribution >= 4 is 33.1 Å². The largest absolute Gasteiger partial charge is 0.481 e. The van der Waals surface area contributed by atoms with E-state index in [1.54, 1.807) is 21.7 Å². The van der Waals surface area contributed by atoms with E-state index in [9.17, 15) is 19.8 Å². The Labute approximate surface area is 378 Å². The molecule has 4 N–H and O–H groups in total. The van der Waals surface area contributed by atoms with Gasteiger partial charge in [0.1, 0.15) is 0 Å².